The highest BCUT2D eigenvalue weighted by Gasteiger charge is 2.10. The average Bonchev–Trinajstić information content (AvgIpc) is 2.43. The molecule has 10 heteroatoms. The van der Waals surface area contributed by atoms with Crippen LogP contribution in [-0.2, 0) is 9.47 Å². The van der Waals surface area contributed by atoms with Crippen molar-refractivity contribution in [1.82, 2.24) is 0 Å². The second-order valence-electron chi connectivity index (χ2n) is 3.74. The Labute approximate surface area is 136 Å². The third kappa shape index (κ3) is 6.59. The number of ether oxygens (including phenoxy) is 4. The highest BCUT2D eigenvalue weighted by molar-refractivity contribution is 6.35. The highest BCUT2D eigenvalue weighted by Crippen LogP contribution is 2.35. The number of benzene rings is 1. The summed E-state index contributed by atoms with van der Waals surface area (Å²) in [5.74, 6) is 0.584. The molecule has 0 atom stereocenters. The van der Waals surface area contributed by atoms with Crippen molar-refractivity contribution < 1.29 is 28.5 Å². The van der Waals surface area contributed by atoms with Crippen LogP contribution in [0.3, 0.4) is 0 Å². The first-order valence-electron chi connectivity index (χ1n) is 5.99. The summed E-state index contributed by atoms with van der Waals surface area (Å²) in [5, 5.41) is 0.489. The molecule has 0 unspecified atom stereocenters. The van der Waals surface area contributed by atoms with Gasteiger partial charge in [0.1, 0.15) is 37.9 Å². The number of rotatable bonds is 8. The molecule has 0 saturated carbocycles. The van der Waals surface area contributed by atoms with Gasteiger partial charge in [-0.15, -0.1) is 0 Å². The molecule has 122 valence electrons. The van der Waals surface area contributed by atoms with Gasteiger partial charge in [0.15, 0.2) is 0 Å². The SMILES string of the molecule is NC(=O)OCCOc1cc(Cl)c(OCCOC(N)=O)cc1Cl. The molecule has 22 heavy (non-hydrogen) atoms. The van der Waals surface area contributed by atoms with Crippen molar-refractivity contribution in [1.29, 1.82) is 0 Å². The summed E-state index contributed by atoms with van der Waals surface area (Å²) in [6, 6.07) is 2.89. The Bertz CT molecular complexity index is 493. The van der Waals surface area contributed by atoms with Gasteiger partial charge in [0.25, 0.3) is 0 Å². The van der Waals surface area contributed by atoms with E-state index in [9.17, 15) is 9.59 Å². The fourth-order valence-corrected chi connectivity index (χ4v) is 1.74. The van der Waals surface area contributed by atoms with Gasteiger partial charge in [-0.1, -0.05) is 23.2 Å². The van der Waals surface area contributed by atoms with Gasteiger partial charge in [0, 0.05) is 12.1 Å². The number of nitrogens with two attached hydrogens (primary N) is 2. The van der Waals surface area contributed by atoms with Gasteiger partial charge in [-0.3, -0.25) is 0 Å². The van der Waals surface area contributed by atoms with Crippen molar-refractivity contribution in [2.75, 3.05) is 26.4 Å². The molecule has 0 saturated heterocycles. The molecule has 0 aliphatic heterocycles. The second kappa shape index (κ2) is 9.06. The maximum absolute atomic E-state index is 10.4. The maximum atomic E-state index is 10.4. The number of hydrogen-bond acceptors (Lipinski definition) is 6. The second-order valence-corrected chi connectivity index (χ2v) is 4.56. The van der Waals surface area contributed by atoms with Crippen LogP contribution in [0.15, 0.2) is 12.1 Å². The Morgan fingerprint density at radius 3 is 1.50 bits per heavy atom. The van der Waals surface area contributed by atoms with Crippen LogP contribution in [0.25, 0.3) is 0 Å². The van der Waals surface area contributed by atoms with E-state index >= 15 is 0 Å². The van der Waals surface area contributed by atoms with Crippen LogP contribution < -0.4 is 20.9 Å². The number of carbonyl (C=O) groups is 2. The lowest BCUT2D eigenvalue weighted by atomic mass is 10.3. The molecule has 2 amide bonds. The minimum atomic E-state index is -0.894. The molecule has 4 N–H and O–H groups in total. The molecule has 0 fully saturated rings. The zero-order valence-electron chi connectivity index (χ0n) is 11.3. The summed E-state index contributed by atoms with van der Waals surface area (Å²) in [6.45, 7) is 0.0786. The first-order chi connectivity index (χ1) is 10.4. The first-order valence-corrected chi connectivity index (χ1v) is 6.75. The lowest BCUT2D eigenvalue weighted by Crippen LogP contribution is -2.17. The van der Waals surface area contributed by atoms with Gasteiger partial charge in [-0.2, -0.15) is 0 Å². The first kappa shape index (κ1) is 18.0. The van der Waals surface area contributed by atoms with Crippen molar-refractivity contribution in [3.8, 4) is 11.5 Å². The number of carbonyl (C=O) groups excluding carboxylic acids is 2. The van der Waals surface area contributed by atoms with E-state index in [1.807, 2.05) is 0 Å². The molecular formula is C12H14Cl2N2O6. The fraction of sp³-hybridized carbons (Fsp3) is 0.333. The molecule has 0 aromatic heterocycles. The Morgan fingerprint density at radius 1 is 0.818 bits per heavy atom. The molecule has 0 radical (unpaired) electrons. The summed E-state index contributed by atoms with van der Waals surface area (Å²) in [5.41, 5.74) is 9.61. The number of primary amides is 2. The standard InChI is InChI=1S/C12H14Cl2N2O6/c13-7-6-10(20-2-4-22-12(16)18)8(14)5-9(7)19-1-3-21-11(15)17/h5-6H,1-4H2,(H2,15,17)(H2,16,18). The molecule has 0 heterocycles. The monoisotopic (exact) mass is 352 g/mol. The Morgan fingerprint density at radius 2 is 1.18 bits per heavy atom. The molecule has 8 nitrogen and oxygen atoms in total. The van der Waals surface area contributed by atoms with E-state index in [1.165, 1.54) is 12.1 Å². The molecule has 1 aromatic carbocycles. The molecule has 0 aliphatic carbocycles. The average molecular weight is 353 g/mol. The van der Waals surface area contributed by atoms with Crippen molar-refractivity contribution >= 4 is 35.4 Å². The minimum Gasteiger partial charge on any atom is -0.488 e. The smallest absolute Gasteiger partial charge is 0.404 e. The normalized spacial score (nSPS) is 9.91. The number of hydrogen-bond donors (Lipinski definition) is 2. The van der Waals surface area contributed by atoms with Crippen LogP contribution >= 0.6 is 23.2 Å². The molecule has 0 bridgehead atoms. The third-order valence-corrected chi connectivity index (χ3v) is 2.75. The Kier molecular flexibility index (Phi) is 7.41. The van der Waals surface area contributed by atoms with Gasteiger partial charge in [-0.05, 0) is 0 Å². The minimum absolute atomic E-state index is 0.0218. The predicted molar refractivity (Wildman–Crippen MR) is 78.5 cm³/mol. The summed E-state index contributed by atoms with van der Waals surface area (Å²) in [7, 11) is 0. The topological polar surface area (TPSA) is 123 Å². The van der Waals surface area contributed by atoms with Crippen molar-refractivity contribution in [2.45, 2.75) is 0 Å². The summed E-state index contributed by atoms with van der Waals surface area (Å²) < 4.78 is 19.6. The Balaban J connectivity index is 2.52. The molecular weight excluding hydrogens is 339 g/mol. The van der Waals surface area contributed by atoms with Crippen molar-refractivity contribution in [2.24, 2.45) is 11.5 Å². The van der Waals surface area contributed by atoms with E-state index in [0.29, 0.717) is 11.5 Å². The van der Waals surface area contributed by atoms with Crippen LogP contribution in [0, 0.1) is 0 Å². The quantitative estimate of drug-likeness (QED) is 0.689. The van der Waals surface area contributed by atoms with E-state index in [1.54, 1.807) is 0 Å². The zero-order chi connectivity index (χ0) is 16.5. The summed E-state index contributed by atoms with van der Waals surface area (Å²) >= 11 is 12.0. The molecule has 1 aromatic rings. The van der Waals surface area contributed by atoms with Crippen molar-refractivity contribution in [3.63, 3.8) is 0 Å². The van der Waals surface area contributed by atoms with Gasteiger partial charge < -0.3 is 30.4 Å². The predicted octanol–water partition coefficient (Wildman–Crippen LogP) is 1.94. The third-order valence-electron chi connectivity index (χ3n) is 2.16. The summed E-state index contributed by atoms with van der Waals surface area (Å²) in [4.78, 5) is 20.8. The Hall–Kier alpha value is -2.06. The summed E-state index contributed by atoms with van der Waals surface area (Å²) in [6.07, 6.45) is -1.79. The van der Waals surface area contributed by atoms with Crippen LogP contribution in [0.2, 0.25) is 10.0 Å². The van der Waals surface area contributed by atoms with Gasteiger partial charge in [-0.25, -0.2) is 9.59 Å². The van der Waals surface area contributed by atoms with Crippen LogP contribution in [-0.4, -0.2) is 38.6 Å². The fourth-order valence-electron chi connectivity index (χ4n) is 1.32. The lowest BCUT2D eigenvalue weighted by Gasteiger charge is -2.12. The zero-order valence-corrected chi connectivity index (χ0v) is 12.9. The van der Waals surface area contributed by atoms with E-state index in [0.717, 1.165) is 0 Å². The van der Waals surface area contributed by atoms with E-state index in [-0.39, 0.29) is 36.5 Å². The largest absolute Gasteiger partial charge is 0.488 e. The van der Waals surface area contributed by atoms with Crippen LogP contribution in [0.5, 0.6) is 11.5 Å². The lowest BCUT2D eigenvalue weighted by molar-refractivity contribution is 0.132. The number of amides is 2. The number of halogens is 2. The highest BCUT2D eigenvalue weighted by atomic mass is 35.5. The van der Waals surface area contributed by atoms with Gasteiger partial charge in [0.2, 0.25) is 0 Å². The van der Waals surface area contributed by atoms with Crippen molar-refractivity contribution in [3.05, 3.63) is 22.2 Å². The molecule has 1 rings (SSSR count). The van der Waals surface area contributed by atoms with E-state index < -0.39 is 12.2 Å². The van der Waals surface area contributed by atoms with Crippen LogP contribution in [0.4, 0.5) is 9.59 Å². The van der Waals surface area contributed by atoms with Gasteiger partial charge >= 0.3 is 12.2 Å². The molecule has 0 spiro atoms. The van der Waals surface area contributed by atoms with Gasteiger partial charge in [0.05, 0.1) is 10.0 Å². The van der Waals surface area contributed by atoms with Crippen LogP contribution in [0.1, 0.15) is 0 Å². The van der Waals surface area contributed by atoms with E-state index in [2.05, 4.69) is 9.47 Å². The molecule has 0 aliphatic rings. The maximum Gasteiger partial charge on any atom is 0.404 e. The van der Waals surface area contributed by atoms with E-state index in [4.69, 9.17) is 44.1 Å².